The van der Waals surface area contributed by atoms with Crippen molar-refractivity contribution in [1.82, 2.24) is 4.90 Å². The first kappa shape index (κ1) is 19.0. The Labute approximate surface area is 146 Å². The summed E-state index contributed by atoms with van der Waals surface area (Å²) in [5, 5.41) is 18.6. The molecule has 0 bridgehead atoms. The Bertz CT molecular complexity index is 769. The van der Waals surface area contributed by atoms with Crippen molar-refractivity contribution in [3.8, 4) is 0 Å². The summed E-state index contributed by atoms with van der Waals surface area (Å²) in [5.74, 6) is -0.815. The standard InChI is InChI=1S/C14H18N2O.C4H6O4/c1-8-7-16(3)9(2)13-11-6-10(15)4-5-12(11)17-14(8)13;5-3(6)1-2-4(7)8/h4-6,8-9H,7,15H2,1-3H3;1-2H2,(H,5,6)(H,7,8). The van der Waals surface area contributed by atoms with Crippen molar-refractivity contribution in [2.45, 2.75) is 38.6 Å². The maximum absolute atomic E-state index is 9.61. The Morgan fingerprint density at radius 3 is 2.60 bits per heavy atom. The van der Waals surface area contributed by atoms with Gasteiger partial charge < -0.3 is 25.2 Å². The molecule has 1 aromatic carbocycles. The van der Waals surface area contributed by atoms with Crippen molar-refractivity contribution in [2.24, 2.45) is 0 Å². The van der Waals surface area contributed by atoms with Crippen LogP contribution in [0.1, 0.15) is 50.0 Å². The number of benzene rings is 1. The fraction of sp³-hybridized carbons (Fsp3) is 0.444. The Hall–Kier alpha value is -2.38. The van der Waals surface area contributed by atoms with E-state index in [2.05, 4.69) is 37.6 Å². The van der Waals surface area contributed by atoms with E-state index >= 15 is 0 Å². The fourth-order valence-electron chi connectivity index (χ4n) is 3.08. The van der Waals surface area contributed by atoms with Gasteiger partial charge >= 0.3 is 5.97 Å². The minimum atomic E-state index is -1.33. The van der Waals surface area contributed by atoms with E-state index in [4.69, 9.17) is 9.52 Å². The highest BCUT2D eigenvalue weighted by atomic mass is 16.4. The number of carboxylic acids is 2. The summed E-state index contributed by atoms with van der Waals surface area (Å²) in [6.07, 6.45) is -0.766. The SMILES string of the molecule is CC1CN(C)C(C)c2c1oc1ccc([NH3+])cc21.O=C([O-])CCC(=O)O. The van der Waals surface area contributed by atoms with Crippen molar-refractivity contribution in [1.29, 1.82) is 0 Å². The lowest BCUT2D eigenvalue weighted by molar-refractivity contribution is -0.305. The van der Waals surface area contributed by atoms with E-state index in [1.165, 1.54) is 10.9 Å². The van der Waals surface area contributed by atoms with Gasteiger partial charge in [0.25, 0.3) is 0 Å². The van der Waals surface area contributed by atoms with Gasteiger partial charge in [0.05, 0.1) is 6.42 Å². The largest absolute Gasteiger partial charge is 0.550 e. The summed E-state index contributed by atoms with van der Waals surface area (Å²) < 4.78 is 6.02. The minimum Gasteiger partial charge on any atom is -0.550 e. The summed E-state index contributed by atoms with van der Waals surface area (Å²) in [6.45, 7) is 5.54. The molecule has 0 fully saturated rings. The van der Waals surface area contributed by atoms with E-state index in [0.717, 1.165) is 23.6 Å². The molecule has 2 unspecified atom stereocenters. The van der Waals surface area contributed by atoms with Crippen LogP contribution in [0.3, 0.4) is 0 Å². The van der Waals surface area contributed by atoms with Crippen molar-refractivity contribution >= 4 is 28.6 Å². The summed E-state index contributed by atoms with van der Waals surface area (Å²) in [7, 11) is 2.18. The molecule has 0 saturated heterocycles. The average Bonchev–Trinajstić information content (AvgIpc) is 2.90. The molecule has 1 aliphatic heterocycles. The third-order valence-corrected chi connectivity index (χ3v) is 4.45. The predicted octanol–water partition coefficient (Wildman–Crippen LogP) is 1.02. The third-order valence-electron chi connectivity index (χ3n) is 4.45. The third kappa shape index (κ3) is 4.37. The highest BCUT2D eigenvalue weighted by Gasteiger charge is 2.31. The second-order valence-electron chi connectivity index (χ2n) is 6.49. The molecule has 1 aromatic heterocycles. The summed E-state index contributed by atoms with van der Waals surface area (Å²) in [5.41, 5.74) is 7.41. The van der Waals surface area contributed by atoms with Crippen LogP contribution in [0.2, 0.25) is 0 Å². The van der Waals surface area contributed by atoms with Gasteiger partial charge in [0.2, 0.25) is 0 Å². The van der Waals surface area contributed by atoms with Crippen LogP contribution in [0.4, 0.5) is 5.69 Å². The van der Waals surface area contributed by atoms with Gasteiger partial charge in [-0.05, 0) is 26.5 Å². The van der Waals surface area contributed by atoms with Crippen LogP contribution in [0, 0.1) is 0 Å². The Kier molecular flexibility index (Phi) is 5.81. The second-order valence-corrected chi connectivity index (χ2v) is 6.49. The molecule has 1 aliphatic rings. The van der Waals surface area contributed by atoms with Gasteiger partial charge in [-0.25, -0.2) is 0 Å². The van der Waals surface area contributed by atoms with Crippen LogP contribution in [0.15, 0.2) is 22.6 Å². The molecule has 0 saturated carbocycles. The molecule has 2 atom stereocenters. The number of carboxylic acid groups (broad SMARTS) is 2. The lowest BCUT2D eigenvalue weighted by Crippen LogP contribution is -2.39. The maximum atomic E-state index is 9.61. The monoisotopic (exact) mass is 348 g/mol. The zero-order valence-electron chi connectivity index (χ0n) is 14.7. The molecule has 2 heterocycles. The Morgan fingerprint density at radius 1 is 1.36 bits per heavy atom. The molecule has 3 rings (SSSR count). The van der Waals surface area contributed by atoms with Gasteiger partial charge in [-0.3, -0.25) is 9.69 Å². The molecule has 7 heteroatoms. The van der Waals surface area contributed by atoms with Crippen molar-refractivity contribution < 1.29 is 30.0 Å². The second kappa shape index (κ2) is 7.67. The highest BCUT2D eigenvalue weighted by Crippen LogP contribution is 2.41. The molecule has 25 heavy (non-hydrogen) atoms. The van der Waals surface area contributed by atoms with Gasteiger partial charge in [0.1, 0.15) is 17.0 Å². The van der Waals surface area contributed by atoms with Crippen LogP contribution in [0.5, 0.6) is 0 Å². The van der Waals surface area contributed by atoms with Gasteiger partial charge in [-0.1, -0.05) is 6.92 Å². The number of nitrogens with zero attached hydrogens (tertiary/aromatic N) is 1. The van der Waals surface area contributed by atoms with Gasteiger partial charge in [0, 0.05) is 47.6 Å². The number of hydrogen-bond donors (Lipinski definition) is 2. The molecular weight excluding hydrogens is 324 g/mol. The lowest BCUT2D eigenvalue weighted by atomic mass is 9.92. The van der Waals surface area contributed by atoms with E-state index in [9.17, 15) is 14.7 Å². The molecule has 7 nitrogen and oxygen atoms in total. The van der Waals surface area contributed by atoms with Crippen LogP contribution in [-0.4, -0.2) is 35.5 Å². The first-order valence-electron chi connectivity index (χ1n) is 8.20. The summed E-state index contributed by atoms with van der Waals surface area (Å²) in [4.78, 5) is 21.5. The number of likely N-dealkylation sites (N-methyl/N-ethyl adjacent to an activating group) is 1. The number of carbonyl (C=O) groups excluding carboxylic acids is 1. The predicted molar refractivity (Wildman–Crippen MR) is 90.1 cm³/mol. The normalized spacial score (nSPS) is 19.8. The van der Waals surface area contributed by atoms with Crippen molar-refractivity contribution in [3.63, 3.8) is 0 Å². The van der Waals surface area contributed by atoms with Crippen LogP contribution in [0.25, 0.3) is 11.0 Å². The number of hydrogen-bond acceptors (Lipinski definition) is 5. The number of fused-ring (bicyclic) bond motifs is 3. The molecule has 0 aliphatic carbocycles. The Balaban J connectivity index is 0.000000242. The van der Waals surface area contributed by atoms with Gasteiger partial charge in [-0.15, -0.1) is 0 Å². The van der Waals surface area contributed by atoms with Crippen LogP contribution < -0.4 is 10.8 Å². The number of rotatable bonds is 3. The van der Waals surface area contributed by atoms with E-state index in [-0.39, 0.29) is 6.42 Å². The molecule has 4 N–H and O–H groups in total. The number of aliphatic carboxylic acids is 2. The van der Waals surface area contributed by atoms with E-state index in [0.29, 0.717) is 12.0 Å². The van der Waals surface area contributed by atoms with E-state index in [1.54, 1.807) is 0 Å². The van der Waals surface area contributed by atoms with Crippen molar-refractivity contribution in [3.05, 3.63) is 29.5 Å². The summed E-state index contributed by atoms with van der Waals surface area (Å²) >= 11 is 0. The zero-order valence-corrected chi connectivity index (χ0v) is 14.7. The topological polar surface area (TPSA) is 121 Å². The van der Waals surface area contributed by atoms with Gasteiger partial charge in [0.15, 0.2) is 0 Å². The van der Waals surface area contributed by atoms with E-state index in [1.807, 2.05) is 12.1 Å². The molecule has 136 valence electrons. The smallest absolute Gasteiger partial charge is 0.303 e. The van der Waals surface area contributed by atoms with Gasteiger partial charge in [-0.2, -0.15) is 0 Å². The number of carbonyl (C=O) groups is 2. The highest BCUT2D eigenvalue weighted by molar-refractivity contribution is 5.85. The first-order valence-corrected chi connectivity index (χ1v) is 8.20. The Morgan fingerprint density at radius 2 is 2.04 bits per heavy atom. The molecule has 2 aromatic rings. The maximum Gasteiger partial charge on any atom is 0.303 e. The van der Waals surface area contributed by atoms with Crippen LogP contribution in [-0.2, 0) is 9.59 Å². The zero-order chi connectivity index (χ0) is 18.7. The lowest BCUT2D eigenvalue weighted by Gasteiger charge is -2.32. The molecular formula is C18H24N2O5. The first-order chi connectivity index (χ1) is 11.7. The van der Waals surface area contributed by atoms with Crippen LogP contribution >= 0.6 is 0 Å². The number of furan rings is 1. The molecule has 0 spiro atoms. The fourth-order valence-corrected chi connectivity index (χ4v) is 3.08. The number of quaternary nitrogens is 1. The molecule has 0 amide bonds. The minimum absolute atomic E-state index is 0.359. The average molecular weight is 348 g/mol. The van der Waals surface area contributed by atoms with E-state index < -0.39 is 18.4 Å². The quantitative estimate of drug-likeness (QED) is 0.854. The summed E-state index contributed by atoms with van der Waals surface area (Å²) in [6, 6.07) is 6.61. The molecule has 0 radical (unpaired) electrons. The van der Waals surface area contributed by atoms with Crippen molar-refractivity contribution in [2.75, 3.05) is 13.6 Å².